The minimum atomic E-state index is -0.446. The standard InChI is InChI=1S/C17H15F2N7OS/c18-12-5-3-6-13(8-12)22-15(27)10-28-17-25-24-16(26(17)20)23-21-9-11-4-1-2-7-14(11)19/h1-9H,10,20H2,(H,22,27)(H,23,24)/b21-9+. The van der Waals surface area contributed by atoms with E-state index in [4.69, 9.17) is 5.84 Å². The maximum absolute atomic E-state index is 13.5. The van der Waals surface area contributed by atoms with E-state index in [9.17, 15) is 13.6 Å². The van der Waals surface area contributed by atoms with E-state index in [-0.39, 0.29) is 22.8 Å². The van der Waals surface area contributed by atoms with Gasteiger partial charge in [-0.1, -0.05) is 36.0 Å². The number of aromatic nitrogens is 3. The number of nitrogens with one attached hydrogen (secondary N) is 2. The van der Waals surface area contributed by atoms with Gasteiger partial charge in [0.25, 0.3) is 5.95 Å². The van der Waals surface area contributed by atoms with Gasteiger partial charge in [-0.2, -0.15) is 5.10 Å². The Balaban J connectivity index is 1.54. The molecule has 0 radical (unpaired) electrons. The number of benzene rings is 2. The van der Waals surface area contributed by atoms with Crippen LogP contribution in [0.4, 0.5) is 20.4 Å². The topological polar surface area (TPSA) is 110 Å². The van der Waals surface area contributed by atoms with E-state index in [0.29, 0.717) is 11.3 Å². The van der Waals surface area contributed by atoms with E-state index in [1.807, 2.05) is 0 Å². The fourth-order valence-electron chi connectivity index (χ4n) is 2.08. The first-order valence-electron chi connectivity index (χ1n) is 7.95. The van der Waals surface area contributed by atoms with Crippen LogP contribution >= 0.6 is 11.8 Å². The molecule has 0 atom stereocenters. The number of hydrogen-bond acceptors (Lipinski definition) is 7. The summed E-state index contributed by atoms with van der Waals surface area (Å²) >= 11 is 1.04. The van der Waals surface area contributed by atoms with Gasteiger partial charge in [0, 0.05) is 11.3 Å². The number of nitrogen functional groups attached to an aromatic ring is 1. The van der Waals surface area contributed by atoms with E-state index in [0.717, 1.165) is 16.4 Å². The van der Waals surface area contributed by atoms with E-state index in [1.54, 1.807) is 24.3 Å². The molecule has 1 heterocycles. The van der Waals surface area contributed by atoms with Crippen LogP contribution in [-0.4, -0.2) is 32.7 Å². The van der Waals surface area contributed by atoms with Crippen LogP contribution in [0.25, 0.3) is 0 Å². The zero-order valence-electron chi connectivity index (χ0n) is 14.3. The molecule has 2 aromatic carbocycles. The molecule has 1 amide bonds. The number of halogens is 2. The van der Waals surface area contributed by atoms with Gasteiger partial charge in [0.15, 0.2) is 0 Å². The molecule has 0 saturated carbocycles. The summed E-state index contributed by atoms with van der Waals surface area (Å²) in [5.41, 5.74) is 3.20. The predicted molar refractivity (Wildman–Crippen MR) is 104 cm³/mol. The average molecular weight is 403 g/mol. The van der Waals surface area contributed by atoms with Gasteiger partial charge in [-0.25, -0.2) is 18.9 Å². The summed E-state index contributed by atoms with van der Waals surface area (Å²) in [5.74, 6) is 4.74. The van der Waals surface area contributed by atoms with Gasteiger partial charge in [0.05, 0.1) is 12.0 Å². The number of thioether (sulfide) groups is 1. The summed E-state index contributed by atoms with van der Waals surface area (Å²) in [5, 5.41) is 14.4. The first-order valence-corrected chi connectivity index (χ1v) is 8.94. The Labute approximate surface area is 162 Å². The van der Waals surface area contributed by atoms with Crippen LogP contribution in [0.2, 0.25) is 0 Å². The molecule has 4 N–H and O–H groups in total. The molecular weight excluding hydrogens is 388 g/mol. The highest BCUT2D eigenvalue weighted by atomic mass is 32.2. The van der Waals surface area contributed by atoms with Crippen molar-refractivity contribution in [2.24, 2.45) is 5.10 Å². The summed E-state index contributed by atoms with van der Waals surface area (Å²) in [6, 6.07) is 11.7. The Morgan fingerprint density at radius 2 is 2.04 bits per heavy atom. The lowest BCUT2D eigenvalue weighted by Gasteiger charge is -2.05. The maximum atomic E-state index is 13.5. The van der Waals surface area contributed by atoms with Crippen molar-refractivity contribution in [1.82, 2.24) is 14.9 Å². The SMILES string of the molecule is Nn1c(N/N=C/c2ccccc2F)nnc1SCC(=O)Nc1cccc(F)c1. The van der Waals surface area contributed by atoms with Gasteiger partial charge in [-0.15, -0.1) is 10.2 Å². The number of amides is 1. The normalized spacial score (nSPS) is 10.9. The number of nitrogens with two attached hydrogens (primary N) is 1. The molecule has 0 spiro atoms. The van der Waals surface area contributed by atoms with Crippen LogP contribution < -0.4 is 16.6 Å². The lowest BCUT2D eigenvalue weighted by atomic mass is 10.2. The molecule has 0 bridgehead atoms. The summed E-state index contributed by atoms with van der Waals surface area (Å²) in [6.45, 7) is 0. The van der Waals surface area contributed by atoms with Crippen molar-refractivity contribution in [2.45, 2.75) is 5.16 Å². The summed E-state index contributed by atoms with van der Waals surface area (Å²) in [6.07, 6.45) is 1.28. The monoisotopic (exact) mass is 403 g/mol. The number of hydrogen-bond donors (Lipinski definition) is 3. The fourth-order valence-corrected chi connectivity index (χ4v) is 2.74. The van der Waals surface area contributed by atoms with Gasteiger partial charge in [0.1, 0.15) is 11.6 Å². The highest BCUT2D eigenvalue weighted by molar-refractivity contribution is 7.99. The molecule has 3 aromatic rings. The predicted octanol–water partition coefficient (Wildman–Crippen LogP) is 2.45. The number of nitrogens with zero attached hydrogens (tertiary/aromatic N) is 4. The van der Waals surface area contributed by atoms with Crippen LogP contribution in [0.1, 0.15) is 5.56 Å². The number of carbonyl (C=O) groups is 1. The van der Waals surface area contributed by atoms with E-state index in [1.165, 1.54) is 30.5 Å². The van der Waals surface area contributed by atoms with Crippen molar-refractivity contribution in [1.29, 1.82) is 0 Å². The van der Waals surface area contributed by atoms with Crippen molar-refractivity contribution in [3.8, 4) is 0 Å². The Morgan fingerprint density at radius 3 is 2.82 bits per heavy atom. The number of rotatable bonds is 7. The Bertz CT molecular complexity index is 1010. The van der Waals surface area contributed by atoms with Crippen molar-refractivity contribution in [2.75, 3.05) is 22.3 Å². The first-order chi connectivity index (χ1) is 13.5. The van der Waals surface area contributed by atoms with E-state index >= 15 is 0 Å². The van der Waals surface area contributed by atoms with Gasteiger partial charge in [-0.05, 0) is 24.3 Å². The Kier molecular flexibility index (Phi) is 6.17. The molecule has 1 aromatic heterocycles. The number of anilines is 2. The molecule has 0 aliphatic rings. The molecule has 11 heteroatoms. The van der Waals surface area contributed by atoms with Crippen LogP contribution in [0, 0.1) is 11.6 Å². The highest BCUT2D eigenvalue weighted by Gasteiger charge is 2.12. The Morgan fingerprint density at radius 1 is 1.21 bits per heavy atom. The lowest BCUT2D eigenvalue weighted by molar-refractivity contribution is -0.113. The third-order valence-corrected chi connectivity index (χ3v) is 4.32. The molecular formula is C17H15F2N7OS. The van der Waals surface area contributed by atoms with Gasteiger partial charge in [-0.3, -0.25) is 4.79 Å². The maximum Gasteiger partial charge on any atom is 0.264 e. The van der Waals surface area contributed by atoms with Gasteiger partial charge < -0.3 is 11.2 Å². The molecule has 0 aliphatic heterocycles. The van der Waals surface area contributed by atoms with Gasteiger partial charge >= 0.3 is 0 Å². The third kappa shape index (κ3) is 5.04. The Hall–Kier alpha value is -3.47. The zero-order chi connectivity index (χ0) is 19.9. The lowest BCUT2D eigenvalue weighted by Crippen LogP contribution is -2.17. The largest absolute Gasteiger partial charge is 0.334 e. The van der Waals surface area contributed by atoms with Crippen molar-refractivity contribution in [3.63, 3.8) is 0 Å². The number of carbonyl (C=O) groups excluding carboxylic acids is 1. The third-order valence-electron chi connectivity index (χ3n) is 3.38. The second-order valence-electron chi connectivity index (χ2n) is 5.41. The summed E-state index contributed by atoms with van der Waals surface area (Å²) < 4.78 is 27.7. The summed E-state index contributed by atoms with van der Waals surface area (Å²) in [4.78, 5) is 11.9. The minimum Gasteiger partial charge on any atom is -0.334 e. The van der Waals surface area contributed by atoms with Crippen molar-refractivity contribution >= 4 is 35.5 Å². The van der Waals surface area contributed by atoms with Crippen LogP contribution in [0.15, 0.2) is 58.8 Å². The molecule has 0 saturated heterocycles. The highest BCUT2D eigenvalue weighted by Crippen LogP contribution is 2.17. The molecule has 8 nitrogen and oxygen atoms in total. The van der Waals surface area contributed by atoms with Crippen LogP contribution in [-0.2, 0) is 4.79 Å². The number of hydrazone groups is 1. The smallest absolute Gasteiger partial charge is 0.264 e. The summed E-state index contributed by atoms with van der Waals surface area (Å²) in [7, 11) is 0. The minimum absolute atomic E-state index is 0.00958. The zero-order valence-corrected chi connectivity index (χ0v) is 15.2. The quantitative estimate of drug-likeness (QED) is 0.242. The van der Waals surface area contributed by atoms with Gasteiger partial charge in [0.2, 0.25) is 11.1 Å². The molecule has 0 fully saturated rings. The fraction of sp³-hybridized carbons (Fsp3) is 0.0588. The van der Waals surface area contributed by atoms with E-state index < -0.39 is 11.6 Å². The average Bonchev–Trinajstić information content (AvgIpc) is 3.01. The molecule has 0 aliphatic carbocycles. The second-order valence-corrected chi connectivity index (χ2v) is 6.36. The second kappa shape index (κ2) is 8.95. The van der Waals surface area contributed by atoms with Crippen LogP contribution in [0.5, 0.6) is 0 Å². The van der Waals surface area contributed by atoms with Crippen molar-refractivity contribution < 1.29 is 13.6 Å². The van der Waals surface area contributed by atoms with E-state index in [2.05, 4.69) is 26.0 Å². The molecule has 3 rings (SSSR count). The molecule has 144 valence electrons. The molecule has 0 unspecified atom stereocenters. The first kappa shape index (κ1) is 19.3. The van der Waals surface area contributed by atoms with Crippen molar-refractivity contribution in [3.05, 3.63) is 65.7 Å². The van der Waals surface area contributed by atoms with Crippen LogP contribution in [0.3, 0.4) is 0 Å². The molecule has 28 heavy (non-hydrogen) atoms.